The molecule has 1 aliphatic rings. The number of hydrogen-bond acceptors (Lipinski definition) is 4. The molecule has 1 N–H and O–H groups in total. The second kappa shape index (κ2) is 7.57. The Kier molecular flexibility index (Phi) is 5.46. The van der Waals surface area contributed by atoms with E-state index in [0.29, 0.717) is 58.4 Å². The molecular weight excluding hydrogens is 373 g/mol. The number of nitrogens with one attached hydrogen (secondary N) is 1. The van der Waals surface area contributed by atoms with Crippen molar-refractivity contribution in [3.63, 3.8) is 0 Å². The zero-order valence-electron chi connectivity index (χ0n) is 12.6. The Morgan fingerprint density at radius 2 is 1.83 bits per heavy atom. The minimum atomic E-state index is -0.315. The summed E-state index contributed by atoms with van der Waals surface area (Å²) in [5, 5.41) is 3.72. The van der Waals surface area contributed by atoms with Gasteiger partial charge in [0.25, 0.3) is 5.91 Å². The van der Waals surface area contributed by atoms with Crippen molar-refractivity contribution in [2.45, 2.75) is 0 Å². The van der Waals surface area contributed by atoms with E-state index in [0.717, 1.165) is 0 Å². The molecule has 1 aromatic carbocycles. The quantitative estimate of drug-likeness (QED) is 0.806. The van der Waals surface area contributed by atoms with E-state index in [-0.39, 0.29) is 5.91 Å². The molecule has 5 nitrogen and oxygen atoms in total. The zero-order valence-corrected chi connectivity index (χ0v) is 14.8. The molecule has 0 atom stereocenters. The summed E-state index contributed by atoms with van der Waals surface area (Å²) in [7, 11) is 0. The zero-order chi connectivity index (χ0) is 17.1. The molecule has 0 aliphatic carbocycles. The number of anilines is 2. The monoisotopic (exact) mass is 385 g/mol. The van der Waals surface area contributed by atoms with Crippen molar-refractivity contribution in [3.05, 3.63) is 51.1 Å². The fourth-order valence-corrected chi connectivity index (χ4v) is 3.00. The molecule has 0 bridgehead atoms. The Balaban J connectivity index is 1.87. The molecule has 8 heteroatoms. The lowest BCUT2D eigenvalue weighted by Crippen LogP contribution is -2.38. The van der Waals surface area contributed by atoms with Crippen molar-refractivity contribution in [3.8, 4) is 0 Å². The maximum Gasteiger partial charge on any atom is 0.259 e. The average molecular weight is 387 g/mol. The van der Waals surface area contributed by atoms with E-state index in [9.17, 15) is 4.79 Å². The Hall–Kier alpha value is -1.53. The molecule has 24 heavy (non-hydrogen) atoms. The first-order chi connectivity index (χ1) is 11.6. The van der Waals surface area contributed by atoms with E-state index >= 15 is 0 Å². The van der Waals surface area contributed by atoms with Crippen molar-refractivity contribution in [2.75, 3.05) is 36.5 Å². The van der Waals surface area contributed by atoms with Gasteiger partial charge < -0.3 is 15.0 Å². The normalized spacial score (nSPS) is 14.5. The maximum atomic E-state index is 12.7. The molecule has 2 heterocycles. The molecule has 0 saturated carbocycles. The van der Waals surface area contributed by atoms with Crippen LogP contribution in [0.15, 0.2) is 30.5 Å². The number of morpholine rings is 1. The van der Waals surface area contributed by atoms with Gasteiger partial charge in [-0.1, -0.05) is 34.8 Å². The van der Waals surface area contributed by atoms with Crippen molar-refractivity contribution in [1.82, 2.24) is 4.98 Å². The van der Waals surface area contributed by atoms with E-state index < -0.39 is 0 Å². The molecule has 1 amide bonds. The Bertz CT molecular complexity index is 764. The van der Waals surface area contributed by atoms with Gasteiger partial charge >= 0.3 is 0 Å². The van der Waals surface area contributed by atoms with Gasteiger partial charge in [0.2, 0.25) is 0 Å². The van der Waals surface area contributed by atoms with E-state index in [4.69, 9.17) is 39.5 Å². The van der Waals surface area contributed by atoms with E-state index in [2.05, 4.69) is 10.3 Å². The second-order valence-electron chi connectivity index (χ2n) is 5.17. The topological polar surface area (TPSA) is 54.5 Å². The lowest BCUT2D eigenvalue weighted by Gasteiger charge is -2.29. The number of carbonyl (C=O) groups is 1. The molecule has 1 aliphatic heterocycles. The molecule has 0 unspecified atom stereocenters. The van der Waals surface area contributed by atoms with E-state index in [1.165, 1.54) is 12.1 Å². The Morgan fingerprint density at radius 3 is 2.58 bits per heavy atom. The maximum absolute atomic E-state index is 12.7. The minimum Gasteiger partial charge on any atom is -0.378 e. The van der Waals surface area contributed by atoms with Gasteiger partial charge in [-0.3, -0.25) is 4.79 Å². The predicted molar refractivity (Wildman–Crippen MR) is 96.7 cm³/mol. The summed E-state index contributed by atoms with van der Waals surface area (Å²) >= 11 is 18.0. The number of aromatic nitrogens is 1. The van der Waals surface area contributed by atoms with E-state index in [1.807, 2.05) is 4.90 Å². The summed E-state index contributed by atoms with van der Waals surface area (Å²) in [6, 6.07) is 6.45. The van der Waals surface area contributed by atoms with Crippen LogP contribution in [0.1, 0.15) is 10.4 Å². The fraction of sp³-hybridized carbons (Fsp3) is 0.250. The SMILES string of the molecule is O=C(Nc1cc(Cl)c(Cl)cc1Cl)c1cccnc1N1CCOCC1. The number of rotatable bonds is 3. The summed E-state index contributed by atoms with van der Waals surface area (Å²) in [4.78, 5) is 19.1. The van der Waals surface area contributed by atoms with Crippen LogP contribution < -0.4 is 10.2 Å². The van der Waals surface area contributed by atoms with Gasteiger partial charge in [-0.05, 0) is 24.3 Å². The fourth-order valence-electron chi connectivity index (χ4n) is 2.41. The lowest BCUT2D eigenvalue weighted by atomic mass is 10.2. The summed E-state index contributed by atoms with van der Waals surface area (Å²) in [6.45, 7) is 2.59. The molecule has 3 rings (SSSR count). The minimum absolute atomic E-state index is 0.314. The first-order valence-corrected chi connectivity index (χ1v) is 8.43. The number of nitrogens with zero attached hydrogens (tertiary/aromatic N) is 2. The van der Waals surface area contributed by atoms with Crippen LogP contribution in [0.5, 0.6) is 0 Å². The number of benzene rings is 1. The molecule has 2 aromatic rings. The summed E-state index contributed by atoms with van der Waals surface area (Å²) < 4.78 is 5.34. The van der Waals surface area contributed by atoms with Gasteiger partial charge in [0.05, 0.1) is 39.5 Å². The summed E-state index contributed by atoms with van der Waals surface area (Å²) in [5.41, 5.74) is 0.856. The highest BCUT2D eigenvalue weighted by atomic mass is 35.5. The third-order valence-electron chi connectivity index (χ3n) is 3.60. The van der Waals surface area contributed by atoms with Crippen molar-refractivity contribution in [1.29, 1.82) is 0 Å². The molecule has 1 aromatic heterocycles. The number of hydrogen-bond donors (Lipinski definition) is 1. The lowest BCUT2D eigenvalue weighted by molar-refractivity contribution is 0.102. The highest BCUT2D eigenvalue weighted by Crippen LogP contribution is 2.32. The molecular formula is C16H14Cl3N3O2. The highest BCUT2D eigenvalue weighted by molar-refractivity contribution is 6.44. The predicted octanol–water partition coefficient (Wildman–Crippen LogP) is 4.13. The van der Waals surface area contributed by atoms with Crippen LogP contribution in [0.2, 0.25) is 15.1 Å². The summed E-state index contributed by atoms with van der Waals surface area (Å²) in [6.07, 6.45) is 1.66. The number of ether oxygens (including phenoxy) is 1. The van der Waals surface area contributed by atoms with Crippen molar-refractivity contribution >= 4 is 52.2 Å². The first kappa shape index (κ1) is 17.3. The van der Waals surface area contributed by atoms with Gasteiger partial charge in [-0.15, -0.1) is 0 Å². The highest BCUT2D eigenvalue weighted by Gasteiger charge is 2.20. The first-order valence-electron chi connectivity index (χ1n) is 7.30. The Morgan fingerprint density at radius 1 is 1.12 bits per heavy atom. The van der Waals surface area contributed by atoms with Gasteiger partial charge in [-0.2, -0.15) is 0 Å². The number of pyridine rings is 1. The molecule has 1 fully saturated rings. The van der Waals surface area contributed by atoms with Gasteiger partial charge in [0.15, 0.2) is 0 Å². The largest absolute Gasteiger partial charge is 0.378 e. The summed E-state index contributed by atoms with van der Waals surface area (Å²) in [5.74, 6) is 0.305. The molecule has 0 spiro atoms. The third kappa shape index (κ3) is 3.75. The van der Waals surface area contributed by atoms with Gasteiger partial charge in [0, 0.05) is 19.3 Å². The van der Waals surface area contributed by atoms with Crippen LogP contribution in [0, 0.1) is 0 Å². The van der Waals surface area contributed by atoms with Crippen LogP contribution in [-0.4, -0.2) is 37.2 Å². The van der Waals surface area contributed by atoms with E-state index in [1.54, 1.807) is 18.3 Å². The second-order valence-corrected chi connectivity index (χ2v) is 6.40. The number of amides is 1. The van der Waals surface area contributed by atoms with Crippen molar-refractivity contribution < 1.29 is 9.53 Å². The number of halogens is 3. The smallest absolute Gasteiger partial charge is 0.259 e. The molecule has 1 saturated heterocycles. The molecule has 126 valence electrons. The average Bonchev–Trinajstić information content (AvgIpc) is 2.60. The van der Waals surface area contributed by atoms with Gasteiger partial charge in [0.1, 0.15) is 5.82 Å². The van der Waals surface area contributed by atoms with Crippen LogP contribution >= 0.6 is 34.8 Å². The van der Waals surface area contributed by atoms with Crippen LogP contribution in [-0.2, 0) is 4.74 Å². The standard InChI is InChI=1S/C16H14Cl3N3O2/c17-11-8-13(19)14(9-12(11)18)21-16(23)10-2-1-3-20-15(10)22-4-6-24-7-5-22/h1-3,8-9H,4-7H2,(H,21,23). The van der Waals surface area contributed by atoms with Crippen LogP contribution in [0.3, 0.4) is 0 Å². The van der Waals surface area contributed by atoms with Gasteiger partial charge in [-0.25, -0.2) is 4.98 Å². The Labute approximate surface area is 154 Å². The van der Waals surface area contributed by atoms with Crippen molar-refractivity contribution in [2.24, 2.45) is 0 Å². The number of carbonyl (C=O) groups excluding carboxylic acids is 1. The third-order valence-corrected chi connectivity index (χ3v) is 4.63. The van der Waals surface area contributed by atoms with Crippen LogP contribution in [0.25, 0.3) is 0 Å². The molecule has 0 radical (unpaired) electrons. The van der Waals surface area contributed by atoms with Crippen LogP contribution in [0.4, 0.5) is 11.5 Å².